The first kappa shape index (κ1) is 16.7. The summed E-state index contributed by atoms with van der Waals surface area (Å²) >= 11 is 0. The number of carbonyl (C=O) groups is 1. The molecule has 0 saturated heterocycles. The van der Waals surface area contributed by atoms with Crippen LogP contribution in [0.2, 0.25) is 0 Å². The molecule has 1 heterocycles. The van der Waals surface area contributed by atoms with Crippen molar-refractivity contribution in [1.29, 1.82) is 5.26 Å². The number of nitriles is 1. The fourth-order valence-electron chi connectivity index (χ4n) is 2.68. The van der Waals surface area contributed by atoms with Gasteiger partial charge in [-0.25, -0.2) is 0 Å². The van der Waals surface area contributed by atoms with Crippen molar-refractivity contribution in [3.05, 3.63) is 47.5 Å². The molecule has 2 aromatic rings. The van der Waals surface area contributed by atoms with Crippen LogP contribution in [0.25, 0.3) is 0 Å². The van der Waals surface area contributed by atoms with E-state index in [1.54, 1.807) is 36.4 Å². The van der Waals surface area contributed by atoms with Crippen LogP contribution in [0.15, 0.2) is 36.4 Å². The van der Waals surface area contributed by atoms with Crippen LogP contribution < -0.4 is 18.9 Å². The van der Waals surface area contributed by atoms with E-state index in [9.17, 15) is 10.1 Å². The van der Waals surface area contributed by atoms with E-state index in [-0.39, 0.29) is 19.0 Å². The second kappa shape index (κ2) is 7.14. The third-order valence-electron chi connectivity index (χ3n) is 4.05. The van der Waals surface area contributed by atoms with Gasteiger partial charge >= 0.3 is 0 Å². The van der Waals surface area contributed by atoms with Crippen LogP contribution in [0.4, 0.5) is 0 Å². The molecule has 0 bridgehead atoms. The topological polar surface area (TPSA) is 77.8 Å². The zero-order chi connectivity index (χ0) is 17.8. The molecule has 1 atom stereocenters. The maximum atomic E-state index is 12.6. The number of methoxy groups -OCH3 is 2. The number of ketones is 1. The summed E-state index contributed by atoms with van der Waals surface area (Å²) < 4.78 is 21.0. The van der Waals surface area contributed by atoms with Gasteiger partial charge in [-0.2, -0.15) is 5.26 Å². The van der Waals surface area contributed by atoms with Gasteiger partial charge < -0.3 is 18.9 Å². The van der Waals surface area contributed by atoms with Gasteiger partial charge in [-0.15, -0.1) is 0 Å². The van der Waals surface area contributed by atoms with E-state index in [2.05, 4.69) is 6.07 Å². The van der Waals surface area contributed by atoms with Crippen molar-refractivity contribution in [3.63, 3.8) is 0 Å². The molecule has 6 heteroatoms. The first-order valence-corrected chi connectivity index (χ1v) is 7.70. The lowest BCUT2D eigenvalue weighted by atomic mass is 9.92. The van der Waals surface area contributed by atoms with Gasteiger partial charge in [-0.05, 0) is 35.9 Å². The van der Waals surface area contributed by atoms with E-state index in [4.69, 9.17) is 18.9 Å². The highest BCUT2D eigenvalue weighted by molar-refractivity contribution is 5.97. The van der Waals surface area contributed by atoms with Crippen molar-refractivity contribution >= 4 is 5.78 Å². The van der Waals surface area contributed by atoms with Gasteiger partial charge in [-0.3, -0.25) is 4.79 Å². The Balaban J connectivity index is 1.80. The molecule has 0 saturated carbocycles. The number of Topliss-reactive ketones (excluding diaryl/α,β-unsaturated/α-hetero) is 1. The Hall–Kier alpha value is -3.20. The molecule has 1 aliphatic rings. The molecule has 0 fully saturated rings. The largest absolute Gasteiger partial charge is 0.493 e. The van der Waals surface area contributed by atoms with Gasteiger partial charge in [0.25, 0.3) is 0 Å². The monoisotopic (exact) mass is 339 g/mol. The van der Waals surface area contributed by atoms with Gasteiger partial charge in [-0.1, -0.05) is 6.07 Å². The minimum atomic E-state index is -0.574. The van der Waals surface area contributed by atoms with Gasteiger partial charge in [0.2, 0.25) is 6.79 Å². The summed E-state index contributed by atoms with van der Waals surface area (Å²) in [6.07, 6.45) is 0.0611. The zero-order valence-corrected chi connectivity index (χ0v) is 13.9. The first-order valence-electron chi connectivity index (χ1n) is 7.70. The average molecular weight is 339 g/mol. The molecule has 0 radical (unpaired) electrons. The lowest BCUT2D eigenvalue weighted by molar-refractivity contribution is 0.0978. The molecular formula is C19H17NO5. The Morgan fingerprint density at radius 2 is 1.88 bits per heavy atom. The highest BCUT2D eigenvalue weighted by Crippen LogP contribution is 2.36. The molecule has 128 valence electrons. The second-order valence-corrected chi connectivity index (χ2v) is 5.49. The SMILES string of the molecule is COc1ccc(C(=O)C[C@@H](C#N)c2ccc3c(c2)OCO3)cc1OC. The Kier molecular flexibility index (Phi) is 4.75. The van der Waals surface area contributed by atoms with Gasteiger partial charge in [0, 0.05) is 12.0 Å². The minimum absolute atomic E-state index is 0.0611. The molecular weight excluding hydrogens is 322 g/mol. The molecule has 1 aliphatic heterocycles. The number of fused-ring (bicyclic) bond motifs is 1. The molecule has 0 spiro atoms. The fourth-order valence-corrected chi connectivity index (χ4v) is 2.68. The molecule has 0 N–H and O–H groups in total. The highest BCUT2D eigenvalue weighted by atomic mass is 16.7. The lowest BCUT2D eigenvalue weighted by Crippen LogP contribution is -2.07. The highest BCUT2D eigenvalue weighted by Gasteiger charge is 2.21. The third-order valence-corrected chi connectivity index (χ3v) is 4.05. The molecule has 0 aromatic heterocycles. The summed E-state index contributed by atoms with van der Waals surface area (Å²) in [5, 5.41) is 9.49. The van der Waals surface area contributed by atoms with Crippen LogP contribution >= 0.6 is 0 Å². The minimum Gasteiger partial charge on any atom is -0.493 e. The van der Waals surface area contributed by atoms with Gasteiger partial charge in [0.1, 0.15) is 0 Å². The summed E-state index contributed by atoms with van der Waals surface area (Å²) in [4.78, 5) is 12.6. The number of nitrogens with zero attached hydrogens (tertiary/aromatic N) is 1. The molecule has 0 amide bonds. The number of hydrogen-bond donors (Lipinski definition) is 0. The maximum absolute atomic E-state index is 12.6. The van der Waals surface area contributed by atoms with E-state index < -0.39 is 5.92 Å². The molecule has 6 nitrogen and oxygen atoms in total. The summed E-state index contributed by atoms with van der Waals surface area (Å²) in [5.41, 5.74) is 1.19. The molecule has 0 unspecified atom stereocenters. The average Bonchev–Trinajstić information content (AvgIpc) is 3.12. The molecule has 25 heavy (non-hydrogen) atoms. The maximum Gasteiger partial charge on any atom is 0.231 e. The van der Waals surface area contributed by atoms with E-state index in [1.807, 2.05) is 0 Å². The Morgan fingerprint density at radius 1 is 1.12 bits per heavy atom. The smallest absolute Gasteiger partial charge is 0.231 e. The molecule has 2 aromatic carbocycles. The molecule has 3 rings (SSSR count). The Bertz CT molecular complexity index is 840. The molecule has 0 aliphatic carbocycles. The second-order valence-electron chi connectivity index (χ2n) is 5.49. The van der Waals surface area contributed by atoms with Crippen LogP contribution in [0.3, 0.4) is 0 Å². The Morgan fingerprint density at radius 3 is 2.60 bits per heavy atom. The zero-order valence-electron chi connectivity index (χ0n) is 13.9. The van der Waals surface area contributed by atoms with Gasteiger partial charge in [0.15, 0.2) is 28.8 Å². The standard InChI is InChI=1S/C19H17NO5/c1-22-16-5-4-13(9-18(16)23-2)15(21)7-14(10-20)12-3-6-17-19(8-12)25-11-24-17/h3-6,8-9,14H,7,11H2,1-2H3/t14-/m0/s1. The van der Waals surface area contributed by atoms with Crippen molar-refractivity contribution in [2.75, 3.05) is 21.0 Å². The number of hydrogen-bond acceptors (Lipinski definition) is 6. The third kappa shape index (κ3) is 3.36. The van der Waals surface area contributed by atoms with E-state index in [0.29, 0.717) is 28.6 Å². The number of carbonyl (C=O) groups excluding carboxylic acids is 1. The number of benzene rings is 2. The van der Waals surface area contributed by atoms with E-state index >= 15 is 0 Å². The van der Waals surface area contributed by atoms with Crippen molar-refractivity contribution in [2.24, 2.45) is 0 Å². The Labute approximate surface area is 145 Å². The predicted octanol–water partition coefficient (Wildman–Crippen LogP) is 3.31. The summed E-state index contributed by atoms with van der Waals surface area (Å²) in [5.74, 6) is 1.54. The lowest BCUT2D eigenvalue weighted by Gasteiger charge is -2.12. The normalized spacial score (nSPS) is 13.0. The fraction of sp³-hybridized carbons (Fsp3) is 0.263. The van der Waals surface area contributed by atoms with E-state index in [0.717, 1.165) is 5.56 Å². The van der Waals surface area contributed by atoms with Crippen molar-refractivity contribution in [1.82, 2.24) is 0 Å². The van der Waals surface area contributed by atoms with Crippen LogP contribution in [-0.4, -0.2) is 26.8 Å². The van der Waals surface area contributed by atoms with E-state index in [1.165, 1.54) is 14.2 Å². The number of ether oxygens (including phenoxy) is 4. The van der Waals surface area contributed by atoms with Crippen LogP contribution in [0.1, 0.15) is 28.3 Å². The summed E-state index contributed by atoms with van der Waals surface area (Å²) in [6, 6.07) is 12.4. The van der Waals surface area contributed by atoms with Crippen LogP contribution in [0, 0.1) is 11.3 Å². The van der Waals surface area contributed by atoms with Crippen LogP contribution in [0.5, 0.6) is 23.0 Å². The van der Waals surface area contributed by atoms with Crippen molar-refractivity contribution in [3.8, 4) is 29.1 Å². The van der Waals surface area contributed by atoms with Crippen molar-refractivity contribution < 1.29 is 23.7 Å². The number of rotatable bonds is 6. The summed E-state index contributed by atoms with van der Waals surface area (Å²) in [7, 11) is 3.04. The van der Waals surface area contributed by atoms with Crippen LogP contribution in [-0.2, 0) is 0 Å². The van der Waals surface area contributed by atoms with Crippen molar-refractivity contribution in [2.45, 2.75) is 12.3 Å². The first-order chi connectivity index (χ1) is 12.2. The van der Waals surface area contributed by atoms with Gasteiger partial charge in [0.05, 0.1) is 26.2 Å². The predicted molar refractivity (Wildman–Crippen MR) is 89.4 cm³/mol. The summed E-state index contributed by atoms with van der Waals surface area (Å²) in [6.45, 7) is 0.167. The quantitative estimate of drug-likeness (QED) is 0.751.